The third-order valence-corrected chi connectivity index (χ3v) is 3.18. The predicted octanol–water partition coefficient (Wildman–Crippen LogP) is 1.55. The van der Waals surface area contributed by atoms with Crippen molar-refractivity contribution in [2.24, 2.45) is 0 Å². The molecule has 0 aliphatic heterocycles. The molecule has 18 heavy (non-hydrogen) atoms. The third kappa shape index (κ3) is 5.82. The first-order chi connectivity index (χ1) is 8.61. The van der Waals surface area contributed by atoms with E-state index in [2.05, 4.69) is 4.74 Å². The van der Waals surface area contributed by atoms with Crippen molar-refractivity contribution in [1.82, 2.24) is 0 Å². The first kappa shape index (κ1) is 14.7. The van der Waals surface area contributed by atoms with E-state index in [-0.39, 0.29) is 12.4 Å². The zero-order valence-electron chi connectivity index (χ0n) is 10.7. The molecular weight excluding hydrogens is 252 g/mol. The van der Waals surface area contributed by atoms with Gasteiger partial charge in [-0.2, -0.15) is 0 Å². The average Bonchev–Trinajstić information content (AvgIpc) is 2.35. The molecule has 0 bridgehead atoms. The van der Waals surface area contributed by atoms with Crippen molar-refractivity contribution < 1.29 is 18.5 Å². The van der Waals surface area contributed by atoms with Crippen LogP contribution in [0, 0.1) is 0 Å². The highest BCUT2D eigenvalue weighted by molar-refractivity contribution is 7.84. The highest BCUT2D eigenvalue weighted by atomic mass is 32.2. The van der Waals surface area contributed by atoms with Gasteiger partial charge in [-0.25, -0.2) is 0 Å². The Morgan fingerprint density at radius 2 is 2.17 bits per heavy atom. The maximum atomic E-state index is 11.1. The quantitative estimate of drug-likeness (QED) is 0.557. The Morgan fingerprint density at radius 3 is 2.83 bits per heavy atom. The second kappa shape index (κ2) is 7.87. The van der Waals surface area contributed by atoms with Gasteiger partial charge in [0.1, 0.15) is 5.75 Å². The fourth-order valence-electron chi connectivity index (χ4n) is 1.44. The van der Waals surface area contributed by atoms with Crippen molar-refractivity contribution in [2.45, 2.75) is 12.8 Å². The van der Waals surface area contributed by atoms with E-state index in [0.29, 0.717) is 12.4 Å². The van der Waals surface area contributed by atoms with Crippen molar-refractivity contribution in [1.29, 1.82) is 0 Å². The number of methoxy groups -OCH3 is 1. The lowest BCUT2D eigenvalue weighted by molar-refractivity contribution is -0.139. The van der Waals surface area contributed by atoms with Gasteiger partial charge in [0.15, 0.2) is 0 Å². The Labute approximate surface area is 110 Å². The summed E-state index contributed by atoms with van der Waals surface area (Å²) in [7, 11) is 0.591. The van der Waals surface area contributed by atoms with E-state index in [1.54, 1.807) is 6.26 Å². The minimum absolute atomic E-state index is 0.243. The second-order valence-electron chi connectivity index (χ2n) is 3.88. The molecule has 0 heterocycles. The first-order valence-electron chi connectivity index (χ1n) is 5.70. The number of hydrogen-bond acceptors (Lipinski definition) is 4. The van der Waals surface area contributed by atoms with E-state index >= 15 is 0 Å². The van der Waals surface area contributed by atoms with Gasteiger partial charge in [-0.3, -0.25) is 9.00 Å². The molecule has 1 aromatic rings. The molecule has 1 rings (SSSR count). The van der Waals surface area contributed by atoms with Gasteiger partial charge >= 0.3 is 5.97 Å². The number of esters is 1. The highest BCUT2D eigenvalue weighted by Crippen LogP contribution is 2.14. The summed E-state index contributed by atoms with van der Waals surface area (Å²) < 4.78 is 21.0. The number of hydrogen-bond donors (Lipinski definition) is 0. The summed E-state index contributed by atoms with van der Waals surface area (Å²) >= 11 is 0. The Bertz CT molecular complexity index is 417. The fourth-order valence-corrected chi connectivity index (χ4v) is 1.96. The molecule has 0 aromatic heterocycles. The molecular formula is C13H18O4S. The van der Waals surface area contributed by atoms with E-state index in [0.717, 1.165) is 17.7 Å². The molecule has 4 nitrogen and oxygen atoms in total. The summed E-state index contributed by atoms with van der Waals surface area (Å²) in [6.07, 6.45) is 2.67. The van der Waals surface area contributed by atoms with Gasteiger partial charge < -0.3 is 9.47 Å². The molecule has 1 unspecified atom stereocenters. The molecule has 0 amide bonds. The number of benzene rings is 1. The average molecular weight is 270 g/mol. The summed E-state index contributed by atoms with van der Waals surface area (Å²) in [4.78, 5) is 11.1. The highest BCUT2D eigenvalue weighted by Gasteiger charge is 2.04. The molecule has 0 aliphatic carbocycles. The van der Waals surface area contributed by atoms with Gasteiger partial charge in [-0.05, 0) is 24.1 Å². The van der Waals surface area contributed by atoms with Gasteiger partial charge in [0.25, 0.3) is 0 Å². The number of ether oxygens (including phenoxy) is 2. The Morgan fingerprint density at radius 1 is 1.39 bits per heavy atom. The number of carbonyl (C=O) groups excluding carboxylic acids is 1. The zero-order chi connectivity index (χ0) is 13.4. The molecule has 5 heteroatoms. The molecule has 100 valence electrons. The third-order valence-electron chi connectivity index (χ3n) is 2.32. The van der Waals surface area contributed by atoms with E-state index in [9.17, 15) is 9.00 Å². The maximum Gasteiger partial charge on any atom is 0.309 e. The standard InChI is InChI=1S/C13H18O4S/c1-16-13(14)10-11-5-3-6-12(9-11)17-7-4-8-18(2)15/h3,5-6,9H,4,7-8,10H2,1-2H3. The molecule has 0 spiro atoms. The number of carbonyl (C=O) groups is 1. The molecule has 1 atom stereocenters. The normalized spacial score (nSPS) is 11.9. The van der Waals surface area contributed by atoms with Crippen LogP contribution in [0.15, 0.2) is 24.3 Å². The summed E-state index contributed by atoms with van der Waals surface area (Å²) in [5.74, 6) is 1.09. The van der Waals surface area contributed by atoms with Crippen LogP contribution < -0.4 is 4.74 Å². The Hall–Kier alpha value is -1.36. The zero-order valence-corrected chi connectivity index (χ0v) is 11.5. The summed E-state index contributed by atoms with van der Waals surface area (Å²) in [6.45, 7) is 0.529. The van der Waals surface area contributed by atoms with Crippen LogP contribution in [-0.2, 0) is 26.8 Å². The van der Waals surface area contributed by atoms with Crippen molar-refractivity contribution in [3.05, 3.63) is 29.8 Å². The molecule has 0 saturated carbocycles. The van der Waals surface area contributed by atoms with Crippen molar-refractivity contribution >= 4 is 16.8 Å². The minimum atomic E-state index is -0.778. The van der Waals surface area contributed by atoms with E-state index in [4.69, 9.17) is 4.74 Å². The molecule has 0 fully saturated rings. The molecule has 0 N–H and O–H groups in total. The largest absolute Gasteiger partial charge is 0.494 e. The topological polar surface area (TPSA) is 52.6 Å². The van der Waals surface area contributed by atoms with Crippen LogP contribution in [0.5, 0.6) is 5.75 Å². The molecule has 0 saturated heterocycles. The Kier molecular flexibility index (Phi) is 6.43. The van der Waals surface area contributed by atoms with Crippen molar-refractivity contribution in [3.8, 4) is 5.75 Å². The van der Waals surface area contributed by atoms with Crippen molar-refractivity contribution in [2.75, 3.05) is 25.7 Å². The van der Waals surface area contributed by atoms with E-state index in [1.165, 1.54) is 7.11 Å². The lowest BCUT2D eigenvalue weighted by Gasteiger charge is -2.07. The van der Waals surface area contributed by atoms with Gasteiger partial charge in [0.05, 0.1) is 20.1 Å². The fraction of sp³-hybridized carbons (Fsp3) is 0.462. The monoisotopic (exact) mass is 270 g/mol. The van der Waals surface area contributed by atoms with Gasteiger partial charge in [0, 0.05) is 22.8 Å². The minimum Gasteiger partial charge on any atom is -0.494 e. The smallest absolute Gasteiger partial charge is 0.309 e. The lowest BCUT2D eigenvalue weighted by Crippen LogP contribution is -2.06. The molecule has 0 radical (unpaired) electrons. The Balaban J connectivity index is 2.44. The summed E-state index contributed by atoms with van der Waals surface area (Å²) in [5.41, 5.74) is 0.860. The molecule has 1 aromatic carbocycles. The van der Waals surface area contributed by atoms with Gasteiger partial charge in [0.2, 0.25) is 0 Å². The molecule has 0 aliphatic rings. The van der Waals surface area contributed by atoms with Gasteiger partial charge in [-0.1, -0.05) is 12.1 Å². The van der Waals surface area contributed by atoms with Crippen molar-refractivity contribution in [3.63, 3.8) is 0 Å². The van der Waals surface area contributed by atoms with E-state index in [1.807, 2.05) is 24.3 Å². The van der Waals surface area contributed by atoms with E-state index < -0.39 is 10.8 Å². The lowest BCUT2D eigenvalue weighted by atomic mass is 10.1. The summed E-state index contributed by atoms with van der Waals surface area (Å²) in [6, 6.07) is 7.35. The second-order valence-corrected chi connectivity index (χ2v) is 5.43. The SMILES string of the molecule is COC(=O)Cc1cccc(OCCCS(C)=O)c1. The van der Waals surface area contributed by atoms with Crippen LogP contribution >= 0.6 is 0 Å². The predicted molar refractivity (Wildman–Crippen MR) is 71.2 cm³/mol. The van der Waals surface area contributed by atoms with Crippen LogP contribution in [-0.4, -0.2) is 35.9 Å². The summed E-state index contributed by atoms with van der Waals surface area (Å²) in [5, 5.41) is 0. The maximum absolute atomic E-state index is 11.1. The van der Waals surface area contributed by atoms with Crippen LogP contribution in [0.3, 0.4) is 0 Å². The first-order valence-corrected chi connectivity index (χ1v) is 7.43. The van der Waals surface area contributed by atoms with Crippen LogP contribution in [0.25, 0.3) is 0 Å². The van der Waals surface area contributed by atoms with Crippen LogP contribution in [0.1, 0.15) is 12.0 Å². The van der Waals surface area contributed by atoms with Gasteiger partial charge in [-0.15, -0.1) is 0 Å². The number of rotatable bonds is 7. The van der Waals surface area contributed by atoms with Crippen LogP contribution in [0.2, 0.25) is 0 Å². The van der Waals surface area contributed by atoms with Crippen LogP contribution in [0.4, 0.5) is 0 Å².